The van der Waals surface area contributed by atoms with E-state index in [0.717, 1.165) is 11.1 Å². The summed E-state index contributed by atoms with van der Waals surface area (Å²) in [5, 5.41) is 11.6. The van der Waals surface area contributed by atoms with Gasteiger partial charge in [0.25, 0.3) is 5.78 Å². The van der Waals surface area contributed by atoms with E-state index < -0.39 is 17.7 Å². The van der Waals surface area contributed by atoms with Crippen molar-refractivity contribution in [1.29, 1.82) is 0 Å². The minimum absolute atomic E-state index is 0.0944. The van der Waals surface area contributed by atoms with Crippen LogP contribution in [0.15, 0.2) is 66.5 Å². The molecule has 0 aliphatic carbocycles. The predicted octanol–water partition coefficient (Wildman–Crippen LogP) is 5.20. The predicted molar refractivity (Wildman–Crippen MR) is 126 cm³/mol. The maximum absolute atomic E-state index is 13.2. The number of benzene rings is 2. The molecule has 1 atom stereocenters. The number of ketones is 1. The number of nitrogens with zero attached hydrogens (tertiary/aromatic N) is 3. The first-order valence-electron chi connectivity index (χ1n) is 9.98. The number of Topliss-reactive ketones (excluding diaryl/α,β-unsaturated/α-hetero) is 1. The summed E-state index contributed by atoms with van der Waals surface area (Å²) in [6.07, 6.45) is 3.12. The van der Waals surface area contributed by atoms with Gasteiger partial charge in [0.05, 0.1) is 32.7 Å². The van der Waals surface area contributed by atoms with Gasteiger partial charge < -0.3 is 10.1 Å². The van der Waals surface area contributed by atoms with Gasteiger partial charge >= 0.3 is 5.91 Å². The highest BCUT2D eigenvalue weighted by Crippen LogP contribution is 2.42. The number of anilines is 1. The molecular formula is C24H16Cl2N4O3. The molecule has 33 heavy (non-hydrogen) atoms. The van der Waals surface area contributed by atoms with Crippen LogP contribution in [0.3, 0.4) is 0 Å². The first-order valence-corrected chi connectivity index (χ1v) is 10.7. The number of aromatic amines is 1. The number of halogens is 2. The standard InChI is InChI=1S/C24H16Cl2N4O3/c1-12-4-7-17-18(9-12)29-24(28-17)30-20(14-3-2-8-27-11-14)19(22(32)23(30)33)21(31)13-5-6-15(25)16(26)10-13/h2-11,20,31H,1H3,(H,28,29)/b21-19+. The summed E-state index contributed by atoms with van der Waals surface area (Å²) in [4.78, 5) is 39.4. The number of H-pyrrole nitrogens is 1. The molecule has 1 fully saturated rings. The van der Waals surface area contributed by atoms with Gasteiger partial charge in [0.15, 0.2) is 0 Å². The number of hydrogen-bond acceptors (Lipinski definition) is 5. The number of pyridine rings is 1. The maximum Gasteiger partial charge on any atom is 0.302 e. The summed E-state index contributed by atoms with van der Waals surface area (Å²) in [6, 6.07) is 12.6. The molecule has 0 saturated carbocycles. The lowest BCUT2D eigenvalue weighted by Crippen LogP contribution is -2.30. The van der Waals surface area contributed by atoms with Crippen molar-refractivity contribution in [1.82, 2.24) is 15.0 Å². The Balaban J connectivity index is 1.73. The second kappa shape index (κ2) is 8.03. The van der Waals surface area contributed by atoms with Crippen molar-refractivity contribution >= 4 is 57.6 Å². The normalized spacial score (nSPS) is 17.8. The number of nitrogens with one attached hydrogen (secondary N) is 1. The van der Waals surface area contributed by atoms with Crippen molar-refractivity contribution in [3.05, 3.63) is 93.2 Å². The first kappa shape index (κ1) is 21.2. The lowest BCUT2D eigenvalue weighted by atomic mass is 9.96. The molecule has 0 bridgehead atoms. The van der Waals surface area contributed by atoms with Crippen LogP contribution in [0.1, 0.15) is 22.7 Å². The third kappa shape index (κ3) is 3.55. The second-order valence-corrected chi connectivity index (χ2v) is 8.48. The van der Waals surface area contributed by atoms with Crippen molar-refractivity contribution in [3.8, 4) is 0 Å². The third-order valence-electron chi connectivity index (χ3n) is 5.49. The fraction of sp³-hybridized carbons (Fsp3) is 0.0833. The molecule has 2 aromatic carbocycles. The number of hydrogen-bond donors (Lipinski definition) is 2. The third-order valence-corrected chi connectivity index (χ3v) is 6.23. The molecular weight excluding hydrogens is 463 g/mol. The van der Waals surface area contributed by atoms with E-state index in [2.05, 4.69) is 15.0 Å². The van der Waals surface area contributed by atoms with E-state index in [9.17, 15) is 14.7 Å². The molecule has 1 aliphatic rings. The largest absolute Gasteiger partial charge is 0.507 e. The van der Waals surface area contributed by atoms with Crippen LogP contribution in [0, 0.1) is 6.92 Å². The second-order valence-electron chi connectivity index (χ2n) is 7.67. The van der Waals surface area contributed by atoms with Crippen LogP contribution >= 0.6 is 23.2 Å². The first-order chi connectivity index (χ1) is 15.8. The van der Waals surface area contributed by atoms with Crippen LogP contribution < -0.4 is 4.90 Å². The Morgan fingerprint density at radius 2 is 1.91 bits per heavy atom. The van der Waals surface area contributed by atoms with Gasteiger partial charge in [-0.1, -0.05) is 35.3 Å². The van der Waals surface area contributed by atoms with Crippen LogP contribution in [0.2, 0.25) is 10.0 Å². The van der Waals surface area contributed by atoms with Gasteiger partial charge in [-0.15, -0.1) is 0 Å². The zero-order valence-electron chi connectivity index (χ0n) is 17.2. The van der Waals surface area contributed by atoms with Gasteiger partial charge in [-0.3, -0.25) is 19.5 Å². The number of aliphatic hydroxyl groups is 1. The molecule has 7 nitrogen and oxygen atoms in total. The Morgan fingerprint density at radius 1 is 1.09 bits per heavy atom. The molecule has 1 aliphatic heterocycles. The van der Waals surface area contributed by atoms with Crippen molar-refractivity contribution in [2.24, 2.45) is 0 Å². The van der Waals surface area contributed by atoms with E-state index in [1.807, 2.05) is 25.1 Å². The van der Waals surface area contributed by atoms with Crippen molar-refractivity contribution < 1.29 is 14.7 Å². The highest BCUT2D eigenvalue weighted by Gasteiger charge is 2.48. The number of aliphatic hydroxyl groups excluding tert-OH is 1. The summed E-state index contributed by atoms with van der Waals surface area (Å²) >= 11 is 12.1. The van der Waals surface area contributed by atoms with E-state index in [1.54, 1.807) is 24.5 Å². The van der Waals surface area contributed by atoms with Crippen molar-refractivity contribution in [3.63, 3.8) is 0 Å². The van der Waals surface area contributed by atoms with Gasteiger partial charge in [0.1, 0.15) is 5.76 Å². The number of aryl methyl sites for hydroxylation is 1. The molecule has 4 aromatic rings. The molecule has 2 N–H and O–H groups in total. The van der Waals surface area contributed by atoms with Crippen LogP contribution in [0.4, 0.5) is 5.95 Å². The molecule has 9 heteroatoms. The Bertz CT molecular complexity index is 1460. The van der Waals surface area contributed by atoms with Gasteiger partial charge in [0.2, 0.25) is 5.95 Å². The SMILES string of the molecule is Cc1ccc2nc(N3C(=O)C(=O)/C(=C(/O)c4ccc(Cl)c(Cl)c4)C3c3cccnc3)[nH]c2c1. The van der Waals surface area contributed by atoms with Gasteiger partial charge in [-0.25, -0.2) is 4.98 Å². The molecule has 164 valence electrons. The van der Waals surface area contributed by atoms with Crippen LogP contribution in [0.5, 0.6) is 0 Å². The van der Waals surface area contributed by atoms with E-state index >= 15 is 0 Å². The van der Waals surface area contributed by atoms with Gasteiger partial charge in [0, 0.05) is 18.0 Å². The Morgan fingerprint density at radius 3 is 2.64 bits per heavy atom. The molecule has 2 aromatic heterocycles. The quantitative estimate of drug-likeness (QED) is 0.239. The zero-order valence-corrected chi connectivity index (χ0v) is 18.7. The van der Waals surface area contributed by atoms with E-state index in [-0.39, 0.29) is 27.9 Å². The summed E-state index contributed by atoms with van der Waals surface area (Å²) < 4.78 is 0. The smallest absolute Gasteiger partial charge is 0.302 e. The summed E-state index contributed by atoms with van der Waals surface area (Å²) in [7, 11) is 0. The monoisotopic (exact) mass is 478 g/mol. The van der Waals surface area contributed by atoms with Gasteiger partial charge in [-0.05, 0) is 54.4 Å². The maximum atomic E-state index is 13.2. The average Bonchev–Trinajstić information content (AvgIpc) is 3.33. The average molecular weight is 479 g/mol. The summed E-state index contributed by atoms with van der Waals surface area (Å²) in [5.41, 5.74) is 3.09. The molecule has 1 amide bonds. The minimum Gasteiger partial charge on any atom is -0.507 e. The number of amides is 1. The van der Waals surface area contributed by atoms with Crippen LogP contribution in [-0.2, 0) is 9.59 Å². The highest BCUT2D eigenvalue weighted by molar-refractivity contribution is 6.51. The zero-order chi connectivity index (χ0) is 23.3. The Hall–Kier alpha value is -3.68. The molecule has 0 radical (unpaired) electrons. The minimum atomic E-state index is -0.949. The Labute approximate surface area is 198 Å². The van der Waals surface area contributed by atoms with Gasteiger partial charge in [-0.2, -0.15) is 0 Å². The summed E-state index contributed by atoms with van der Waals surface area (Å²) in [6.45, 7) is 1.94. The fourth-order valence-corrected chi connectivity index (χ4v) is 4.23. The lowest BCUT2D eigenvalue weighted by Gasteiger charge is -2.22. The van der Waals surface area contributed by atoms with Crippen LogP contribution in [-0.4, -0.2) is 31.7 Å². The number of carbonyl (C=O) groups is 2. The molecule has 5 rings (SSSR count). The van der Waals surface area contributed by atoms with E-state index in [0.29, 0.717) is 16.1 Å². The number of fused-ring (bicyclic) bond motifs is 1. The van der Waals surface area contributed by atoms with Crippen molar-refractivity contribution in [2.45, 2.75) is 13.0 Å². The van der Waals surface area contributed by atoms with E-state index in [1.165, 1.54) is 23.1 Å². The molecule has 1 saturated heterocycles. The van der Waals surface area contributed by atoms with Crippen molar-refractivity contribution in [2.75, 3.05) is 4.90 Å². The van der Waals surface area contributed by atoms with Crippen LogP contribution in [0.25, 0.3) is 16.8 Å². The number of rotatable bonds is 3. The molecule has 3 heterocycles. The lowest BCUT2D eigenvalue weighted by molar-refractivity contribution is -0.132. The topological polar surface area (TPSA) is 99.2 Å². The number of carbonyl (C=O) groups excluding carboxylic acids is 2. The fourth-order valence-electron chi connectivity index (χ4n) is 3.93. The Kier molecular flexibility index (Phi) is 5.15. The highest BCUT2D eigenvalue weighted by atomic mass is 35.5. The van der Waals surface area contributed by atoms with E-state index in [4.69, 9.17) is 23.2 Å². The number of aromatic nitrogens is 3. The molecule has 0 spiro atoms. The number of imidazole rings is 1. The summed E-state index contributed by atoms with van der Waals surface area (Å²) in [5.74, 6) is -1.83. The molecule has 1 unspecified atom stereocenters.